The van der Waals surface area contributed by atoms with Crippen molar-refractivity contribution in [1.82, 2.24) is 4.98 Å². The van der Waals surface area contributed by atoms with Gasteiger partial charge >= 0.3 is 5.97 Å². The highest BCUT2D eigenvalue weighted by Gasteiger charge is 2.35. The van der Waals surface area contributed by atoms with E-state index in [0.717, 1.165) is 28.8 Å². The maximum atomic E-state index is 14.0. The quantitative estimate of drug-likeness (QED) is 0.137. The Bertz CT molecular complexity index is 2070. The number of ether oxygens (including phenoxy) is 1. The maximum Gasteiger partial charge on any atom is 0.339 e. The van der Waals surface area contributed by atoms with Gasteiger partial charge in [-0.25, -0.2) is 9.78 Å². The number of anilines is 1. The van der Waals surface area contributed by atoms with Crippen molar-refractivity contribution < 1.29 is 19.1 Å². The van der Waals surface area contributed by atoms with Gasteiger partial charge in [0.25, 0.3) is 5.91 Å². The Balaban J connectivity index is 1.32. The predicted octanol–water partition coefficient (Wildman–Crippen LogP) is 9.72. The van der Waals surface area contributed by atoms with Crippen LogP contribution < -0.4 is 5.32 Å². The first-order chi connectivity index (χ1) is 23.0. The summed E-state index contributed by atoms with van der Waals surface area (Å²) in [4.78, 5) is 45.5. The van der Waals surface area contributed by atoms with Crippen LogP contribution in [0, 0.1) is 11.3 Å². The lowest BCUT2D eigenvalue weighted by molar-refractivity contribution is -0.119. The molecule has 1 atom stereocenters. The molecule has 0 radical (unpaired) electrons. The van der Waals surface area contributed by atoms with E-state index in [2.05, 4.69) is 32.2 Å². The Hall–Kier alpha value is -4.78. The number of nitrogens with one attached hydrogen (secondary N) is 1. The second-order valence-electron chi connectivity index (χ2n) is 13.0. The monoisotopic (exact) mass is 676 g/mol. The molecule has 0 spiro atoms. The van der Waals surface area contributed by atoms with E-state index >= 15 is 0 Å². The van der Waals surface area contributed by atoms with Crippen molar-refractivity contribution in [1.29, 1.82) is 0 Å². The number of pyridine rings is 1. The lowest BCUT2D eigenvalue weighted by Crippen LogP contribution is -2.29. The molecule has 8 heteroatoms. The van der Waals surface area contributed by atoms with Crippen LogP contribution in [0.25, 0.3) is 22.6 Å². The minimum Gasteiger partial charge on any atom is -0.452 e. The third kappa shape index (κ3) is 7.20. The van der Waals surface area contributed by atoms with E-state index < -0.39 is 18.5 Å². The molecule has 0 saturated carbocycles. The van der Waals surface area contributed by atoms with Gasteiger partial charge in [0, 0.05) is 26.6 Å². The van der Waals surface area contributed by atoms with Crippen molar-refractivity contribution in [3.05, 3.63) is 141 Å². The van der Waals surface area contributed by atoms with Crippen LogP contribution in [0.3, 0.4) is 0 Å². The molecule has 5 aromatic rings. The number of hydrogen-bond acceptors (Lipinski definition) is 5. The first kappa shape index (κ1) is 33.1. The van der Waals surface area contributed by atoms with Crippen LogP contribution in [-0.4, -0.2) is 29.3 Å². The van der Waals surface area contributed by atoms with E-state index in [1.54, 1.807) is 36.4 Å². The summed E-state index contributed by atoms with van der Waals surface area (Å²) in [5.74, 6) is -1.28. The zero-order chi connectivity index (χ0) is 34.0. The molecule has 0 aliphatic heterocycles. The van der Waals surface area contributed by atoms with Gasteiger partial charge in [0.1, 0.15) is 0 Å². The van der Waals surface area contributed by atoms with Crippen LogP contribution >= 0.6 is 23.2 Å². The van der Waals surface area contributed by atoms with Gasteiger partial charge in [-0.3, -0.25) is 9.59 Å². The van der Waals surface area contributed by atoms with Gasteiger partial charge in [-0.05, 0) is 83.3 Å². The van der Waals surface area contributed by atoms with Crippen molar-refractivity contribution in [3.63, 3.8) is 0 Å². The number of amides is 1. The number of allylic oxidation sites excluding steroid dienone is 1. The molecule has 1 aromatic heterocycles. The molecule has 1 N–H and O–H groups in total. The number of para-hydroxylation sites is 1. The summed E-state index contributed by atoms with van der Waals surface area (Å²) >= 11 is 12.4. The molecule has 48 heavy (non-hydrogen) atoms. The van der Waals surface area contributed by atoms with Crippen molar-refractivity contribution in [2.24, 2.45) is 11.3 Å². The van der Waals surface area contributed by atoms with E-state index in [-0.39, 0.29) is 28.4 Å². The number of hydrogen-bond donors (Lipinski definition) is 1. The van der Waals surface area contributed by atoms with Gasteiger partial charge < -0.3 is 10.1 Å². The lowest BCUT2D eigenvalue weighted by atomic mass is 9.69. The highest BCUT2D eigenvalue weighted by atomic mass is 35.5. The summed E-state index contributed by atoms with van der Waals surface area (Å²) in [7, 11) is 0. The van der Waals surface area contributed by atoms with Gasteiger partial charge in [-0.2, -0.15) is 0 Å². The van der Waals surface area contributed by atoms with Gasteiger partial charge in [0.2, 0.25) is 0 Å². The summed E-state index contributed by atoms with van der Waals surface area (Å²) in [6, 6.07) is 28.5. The van der Waals surface area contributed by atoms with Crippen molar-refractivity contribution in [2.75, 3.05) is 11.9 Å². The van der Waals surface area contributed by atoms with Crippen LogP contribution in [0.4, 0.5) is 5.69 Å². The Labute approximate surface area is 289 Å². The number of esters is 1. The van der Waals surface area contributed by atoms with E-state index in [0.29, 0.717) is 38.5 Å². The zero-order valence-corrected chi connectivity index (χ0v) is 28.4. The Kier molecular flexibility index (Phi) is 9.49. The molecular weight excluding hydrogens is 643 g/mol. The number of halogens is 2. The van der Waals surface area contributed by atoms with Crippen molar-refractivity contribution in [3.8, 4) is 0 Å². The summed E-state index contributed by atoms with van der Waals surface area (Å²) in [6.45, 7) is 6.05. The minimum absolute atomic E-state index is 0.0586. The summed E-state index contributed by atoms with van der Waals surface area (Å²) in [6.07, 6.45) is 3.52. The van der Waals surface area contributed by atoms with Gasteiger partial charge in [0.05, 0.1) is 22.5 Å². The predicted molar refractivity (Wildman–Crippen MR) is 193 cm³/mol. The standard InChI is InChI=1S/C40H34Cl2N2O4/c1-40(2,3)27-20-26(19-24-13-15-28(41)16-14-24)37-32(21-27)36(30-11-7-8-12-33(30)44-37)39(47)48-23-35(45)43-34-18-17-29(42)22-31(34)38(46)25-9-5-4-6-10-25/h4-19,22,27H,20-21,23H2,1-3H3,(H,43,45)/b26-19-/t27-/m0/s1. The van der Waals surface area contributed by atoms with E-state index in [1.807, 2.05) is 54.6 Å². The summed E-state index contributed by atoms with van der Waals surface area (Å²) < 4.78 is 5.71. The van der Waals surface area contributed by atoms with Crippen molar-refractivity contribution >= 4 is 69.1 Å². The lowest BCUT2D eigenvalue weighted by Gasteiger charge is -2.36. The molecule has 1 aliphatic rings. The molecule has 0 bridgehead atoms. The van der Waals surface area contributed by atoms with Gasteiger partial charge in [-0.15, -0.1) is 0 Å². The number of carbonyl (C=O) groups excluding carboxylic acids is 3. The SMILES string of the molecule is CC(C)(C)[C@H]1C/C(=C/c2ccc(Cl)cc2)c2nc3ccccc3c(C(=O)OCC(=O)Nc3ccc(Cl)cc3C(=O)c3ccccc3)c2C1. The van der Waals surface area contributed by atoms with Crippen LogP contribution in [-0.2, 0) is 16.0 Å². The molecule has 1 amide bonds. The maximum absolute atomic E-state index is 14.0. The molecular formula is C40H34Cl2N2O4. The van der Waals surface area contributed by atoms with Crippen LogP contribution in [0.1, 0.15) is 70.3 Å². The van der Waals surface area contributed by atoms with Gasteiger partial charge in [-0.1, -0.05) is 105 Å². The molecule has 0 unspecified atom stereocenters. The number of benzene rings is 4. The molecule has 1 heterocycles. The molecule has 242 valence electrons. The first-order valence-corrected chi connectivity index (χ1v) is 16.5. The second-order valence-corrected chi connectivity index (χ2v) is 13.9. The van der Waals surface area contributed by atoms with Crippen LogP contribution in [0.5, 0.6) is 0 Å². The highest BCUT2D eigenvalue weighted by Crippen LogP contribution is 2.45. The number of fused-ring (bicyclic) bond motifs is 2. The van der Waals surface area contributed by atoms with Gasteiger partial charge in [0.15, 0.2) is 12.4 Å². The Morgan fingerprint density at radius 1 is 0.875 bits per heavy atom. The molecule has 0 saturated heterocycles. The molecule has 6 nitrogen and oxygen atoms in total. The summed E-state index contributed by atoms with van der Waals surface area (Å²) in [5.41, 5.74) is 5.53. The molecule has 4 aromatic carbocycles. The molecule has 1 aliphatic carbocycles. The second kappa shape index (κ2) is 13.8. The average Bonchev–Trinajstić information content (AvgIpc) is 3.07. The van der Waals surface area contributed by atoms with E-state index in [1.165, 1.54) is 6.07 Å². The number of aromatic nitrogens is 1. The van der Waals surface area contributed by atoms with Crippen LogP contribution in [0.2, 0.25) is 10.0 Å². The minimum atomic E-state index is -0.614. The van der Waals surface area contributed by atoms with E-state index in [9.17, 15) is 14.4 Å². The highest BCUT2D eigenvalue weighted by molar-refractivity contribution is 6.31. The fourth-order valence-electron chi connectivity index (χ4n) is 6.08. The largest absolute Gasteiger partial charge is 0.452 e. The number of carbonyl (C=O) groups is 3. The van der Waals surface area contributed by atoms with Crippen LogP contribution in [0.15, 0.2) is 97.1 Å². The number of nitrogens with zero attached hydrogens (tertiary/aromatic N) is 1. The fourth-order valence-corrected chi connectivity index (χ4v) is 6.38. The fraction of sp³-hybridized carbons (Fsp3) is 0.200. The van der Waals surface area contributed by atoms with E-state index in [4.69, 9.17) is 32.9 Å². The Morgan fingerprint density at radius 2 is 1.56 bits per heavy atom. The number of ketones is 1. The smallest absolute Gasteiger partial charge is 0.339 e. The summed E-state index contributed by atoms with van der Waals surface area (Å²) in [5, 5.41) is 4.40. The molecule has 0 fully saturated rings. The zero-order valence-electron chi connectivity index (χ0n) is 26.8. The molecule has 6 rings (SSSR count). The van der Waals surface area contributed by atoms with Crippen molar-refractivity contribution in [2.45, 2.75) is 33.6 Å². The normalized spacial score (nSPS) is 15.2. The number of rotatable bonds is 7. The third-order valence-corrected chi connectivity index (χ3v) is 9.21. The first-order valence-electron chi connectivity index (χ1n) is 15.7. The third-order valence-electron chi connectivity index (χ3n) is 8.72. The topological polar surface area (TPSA) is 85.4 Å². The average molecular weight is 678 g/mol. The Morgan fingerprint density at radius 3 is 2.29 bits per heavy atom.